The Labute approximate surface area is 101 Å². The molecule has 0 radical (unpaired) electrons. The molecule has 0 aliphatic heterocycles. The molecule has 88 valence electrons. The summed E-state index contributed by atoms with van der Waals surface area (Å²) in [5.74, 6) is 1.08. The number of ether oxygens (including phenoxy) is 2. The lowest BCUT2D eigenvalue weighted by atomic mass is 10.2. The van der Waals surface area contributed by atoms with E-state index in [1.54, 1.807) is 18.2 Å². The molecule has 1 atom stereocenters. The van der Waals surface area contributed by atoms with Crippen LogP contribution in [0.1, 0.15) is 25.3 Å². The van der Waals surface area contributed by atoms with Crippen LogP contribution < -0.4 is 9.47 Å². The number of methoxy groups -OCH3 is 1. The largest absolute Gasteiger partial charge is 0.493 e. The minimum absolute atomic E-state index is 0.151. The first-order valence-electron chi connectivity index (χ1n) is 5.36. The zero-order valence-electron chi connectivity index (χ0n) is 9.93. The summed E-state index contributed by atoms with van der Waals surface area (Å²) in [4.78, 5) is 0. The van der Waals surface area contributed by atoms with Crippen molar-refractivity contribution in [3.63, 3.8) is 0 Å². The van der Waals surface area contributed by atoms with Gasteiger partial charge in [0.1, 0.15) is 6.10 Å². The first kappa shape index (κ1) is 12.9. The molecule has 0 aliphatic carbocycles. The molecule has 0 saturated heterocycles. The number of nitriles is 2. The summed E-state index contributed by atoms with van der Waals surface area (Å²) < 4.78 is 10.8. The Balaban J connectivity index is 2.91. The molecule has 0 saturated carbocycles. The Morgan fingerprint density at radius 2 is 2.06 bits per heavy atom. The molecule has 4 heteroatoms. The molecule has 17 heavy (non-hydrogen) atoms. The van der Waals surface area contributed by atoms with E-state index in [2.05, 4.69) is 6.07 Å². The number of rotatable bonds is 5. The zero-order chi connectivity index (χ0) is 12.7. The van der Waals surface area contributed by atoms with E-state index in [-0.39, 0.29) is 6.10 Å². The van der Waals surface area contributed by atoms with Gasteiger partial charge in [-0.3, -0.25) is 0 Å². The highest BCUT2D eigenvalue weighted by Gasteiger charge is 2.12. The molecule has 0 aromatic heterocycles. The Hall–Kier alpha value is -2.20. The monoisotopic (exact) mass is 230 g/mol. The molecular formula is C13H14N2O2. The predicted octanol–water partition coefficient (Wildman–Crippen LogP) is 2.64. The van der Waals surface area contributed by atoms with Gasteiger partial charge in [0.25, 0.3) is 0 Å². The van der Waals surface area contributed by atoms with Crippen molar-refractivity contribution in [2.24, 2.45) is 0 Å². The van der Waals surface area contributed by atoms with Gasteiger partial charge in [0, 0.05) is 6.07 Å². The molecule has 1 aromatic carbocycles. The minimum Gasteiger partial charge on any atom is -0.493 e. The van der Waals surface area contributed by atoms with Crippen molar-refractivity contribution in [3.8, 4) is 23.6 Å². The van der Waals surface area contributed by atoms with Gasteiger partial charge in [-0.15, -0.1) is 0 Å². The highest BCUT2D eigenvalue weighted by molar-refractivity contribution is 5.46. The third-order valence-electron chi connectivity index (χ3n) is 2.36. The molecular weight excluding hydrogens is 216 g/mol. The minimum atomic E-state index is -0.151. The fourth-order valence-electron chi connectivity index (χ4n) is 1.39. The van der Waals surface area contributed by atoms with Crippen molar-refractivity contribution >= 4 is 0 Å². The maximum atomic E-state index is 8.77. The van der Waals surface area contributed by atoms with Gasteiger partial charge in [-0.1, -0.05) is 6.92 Å². The molecule has 0 spiro atoms. The second kappa shape index (κ2) is 6.40. The molecule has 1 aromatic rings. The molecule has 0 fully saturated rings. The summed E-state index contributed by atoms with van der Waals surface area (Å²) >= 11 is 0. The Morgan fingerprint density at radius 1 is 1.29 bits per heavy atom. The summed E-state index contributed by atoms with van der Waals surface area (Å²) in [6, 6.07) is 9.09. The topological polar surface area (TPSA) is 66.0 Å². The summed E-state index contributed by atoms with van der Waals surface area (Å²) in [6.45, 7) is 1.96. The maximum Gasteiger partial charge on any atom is 0.162 e. The first-order valence-corrected chi connectivity index (χ1v) is 5.36. The van der Waals surface area contributed by atoms with Gasteiger partial charge in [0.05, 0.1) is 31.2 Å². The normalized spacial score (nSPS) is 11.1. The van der Waals surface area contributed by atoms with Crippen molar-refractivity contribution in [1.29, 1.82) is 10.5 Å². The Morgan fingerprint density at radius 3 is 2.59 bits per heavy atom. The van der Waals surface area contributed by atoms with Crippen LogP contribution in [-0.4, -0.2) is 13.2 Å². The average Bonchev–Trinajstić information content (AvgIpc) is 2.38. The molecule has 1 rings (SSSR count). The smallest absolute Gasteiger partial charge is 0.162 e. The van der Waals surface area contributed by atoms with E-state index < -0.39 is 0 Å². The van der Waals surface area contributed by atoms with Crippen LogP contribution in [0.5, 0.6) is 11.5 Å². The van der Waals surface area contributed by atoms with E-state index in [0.717, 1.165) is 6.42 Å². The summed E-state index contributed by atoms with van der Waals surface area (Å²) in [6.07, 6.45) is 0.929. The lowest BCUT2D eigenvalue weighted by molar-refractivity contribution is 0.193. The van der Waals surface area contributed by atoms with Crippen molar-refractivity contribution in [1.82, 2.24) is 0 Å². The van der Waals surface area contributed by atoms with Gasteiger partial charge in [-0.2, -0.15) is 10.5 Å². The van der Waals surface area contributed by atoms with Crippen molar-refractivity contribution < 1.29 is 9.47 Å². The van der Waals surface area contributed by atoms with Crippen LogP contribution in [0.4, 0.5) is 0 Å². The number of hydrogen-bond acceptors (Lipinski definition) is 4. The zero-order valence-corrected chi connectivity index (χ0v) is 9.93. The summed E-state index contributed by atoms with van der Waals surface area (Å²) in [5.41, 5.74) is 0.516. The van der Waals surface area contributed by atoms with Gasteiger partial charge in [0.15, 0.2) is 11.5 Å². The van der Waals surface area contributed by atoms with Gasteiger partial charge >= 0.3 is 0 Å². The third kappa shape index (κ3) is 3.39. The molecule has 0 amide bonds. The Bertz CT molecular complexity index is 457. The summed E-state index contributed by atoms with van der Waals surface area (Å²) in [5, 5.41) is 17.4. The van der Waals surface area contributed by atoms with Gasteiger partial charge in [-0.05, 0) is 18.6 Å². The van der Waals surface area contributed by atoms with Crippen LogP contribution in [0.15, 0.2) is 18.2 Å². The number of benzene rings is 1. The van der Waals surface area contributed by atoms with Crippen LogP contribution in [0.25, 0.3) is 0 Å². The van der Waals surface area contributed by atoms with E-state index in [1.165, 1.54) is 7.11 Å². The van der Waals surface area contributed by atoms with Crippen molar-refractivity contribution in [2.75, 3.05) is 7.11 Å². The Kier molecular flexibility index (Phi) is 4.84. The molecule has 1 unspecified atom stereocenters. The van der Waals surface area contributed by atoms with Crippen LogP contribution in [0, 0.1) is 22.7 Å². The summed E-state index contributed by atoms with van der Waals surface area (Å²) in [7, 11) is 1.52. The fraction of sp³-hybridized carbons (Fsp3) is 0.385. The maximum absolute atomic E-state index is 8.77. The van der Waals surface area contributed by atoms with Crippen LogP contribution in [0.2, 0.25) is 0 Å². The lowest BCUT2D eigenvalue weighted by Crippen LogP contribution is -2.14. The van der Waals surface area contributed by atoms with Gasteiger partial charge < -0.3 is 9.47 Å². The van der Waals surface area contributed by atoms with E-state index >= 15 is 0 Å². The number of hydrogen-bond donors (Lipinski definition) is 0. The molecule has 0 heterocycles. The second-order valence-corrected chi connectivity index (χ2v) is 3.49. The van der Waals surface area contributed by atoms with Crippen LogP contribution in [-0.2, 0) is 0 Å². The van der Waals surface area contributed by atoms with Gasteiger partial charge in [0.2, 0.25) is 0 Å². The quantitative estimate of drug-likeness (QED) is 0.779. The third-order valence-corrected chi connectivity index (χ3v) is 2.36. The van der Waals surface area contributed by atoms with Gasteiger partial charge in [-0.25, -0.2) is 0 Å². The standard InChI is InChI=1S/C13H14N2O2/c1-3-11(6-7-14)17-12-5-4-10(9-15)8-13(12)16-2/h4-5,8,11H,3,6H2,1-2H3. The van der Waals surface area contributed by atoms with Crippen LogP contribution in [0.3, 0.4) is 0 Å². The van der Waals surface area contributed by atoms with Crippen molar-refractivity contribution in [2.45, 2.75) is 25.9 Å². The van der Waals surface area contributed by atoms with Crippen LogP contribution >= 0.6 is 0 Å². The highest BCUT2D eigenvalue weighted by atomic mass is 16.5. The highest BCUT2D eigenvalue weighted by Crippen LogP contribution is 2.29. The molecule has 0 N–H and O–H groups in total. The SMILES string of the molecule is CCC(CC#N)Oc1ccc(C#N)cc1OC. The molecule has 0 bridgehead atoms. The number of nitrogens with zero attached hydrogens (tertiary/aromatic N) is 2. The lowest BCUT2D eigenvalue weighted by Gasteiger charge is -2.16. The average molecular weight is 230 g/mol. The van der Waals surface area contributed by atoms with E-state index in [1.807, 2.05) is 13.0 Å². The van der Waals surface area contributed by atoms with E-state index in [9.17, 15) is 0 Å². The predicted molar refractivity (Wildman–Crippen MR) is 62.6 cm³/mol. The molecule has 0 aliphatic rings. The second-order valence-electron chi connectivity index (χ2n) is 3.49. The first-order chi connectivity index (χ1) is 8.24. The molecule has 4 nitrogen and oxygen atoms in total. The van der Waals surface area contributed by atoms with Crippen molar-refractivity contribution in [3.05, 3.63) is 23.8 Å². The van der Waals surface area contributed by atoms with E-state index in [4.69, 9.17) is 20.0 Å². The fourth-order valence-corrected chi connectivity index (χ4v) is 1.39. The van der Waals surface area contributed by atoms with E-state index in [0.29, 0.717) is 23.5 Å².